The van der Waals surface area contributed by atoms with Crippen molar-refractivity contribution in [2.75, 3.05) is 5.32 Å². The zero-order chi connectivity index (χ0) is 13.0. The van der Waals surface area contributed by atoms with Gasteiger partial charge in [0.2, 0.25) is 0 Å². The number of anilines is 1. The number of carboxylic acids is 1. The molecule has 1 heterocycles. The molecule has 7 nitrogen and oxygen atoms in total. The molecule has 1 aromatic heterocycles. The van der Waals surface area contributed by atoms with Crippen LogP contribution in [0.5, 0.6) is 0 Å². The minimum atomic E-state index is -1.06. The second-order valence-corrected chi connectivity index (χ2v) is 4.60. The van der Waals surface area contributed by atoms with Crippen molar-refractivity contribution in [3.63, 3.8) is 0 Å². The lowest BCUT2D eigenvalue weighted by atomic mass is 10.1. The number of carbonyl (C=O) groups excluding carboxylic acids is 1. The third kappa shape index (κ3) is 3.66. The normalized spacial score (nSPS) is 12.2. The van der Waals surface area contributed by atoms with Gasteiger partial charge in [-0.1, -0.05) is 18.3 Å². The highest BCUT2D eigenvalue weighted by Crippen LogP contribution is 2.15. The molecule has 0 aromatic carbocycles. The minimum Gasteiger partial charge on any atom is -0.480 e. The number of urea groups is 1. The van der Waals surface area contributed by atoms with Gasteiger partial charge in [-0.3, -0.25) is 5.32 Å². The molecular weight excluding hydrogens is 244 g/mol. The number of aryl methyl sites for hydroxylation is 1. The number of nitrogens with one attached hydrogen (secondary N) is 2. The van der Waals surface area contributed by atoms with Crippen LogP contribution < -0.4 is 10.6 Å². The predicted molar refractivity (Wildman–Crippen MR) is 63.1 cm³/mol. The summed E-state index contributed by atoms with van der Waals surface area (Å²) in [5.41, 5.74) is 0.599. The maximum atomic E-state index is 11.5. The Labute approximate surface area is 102 Å². The predicted octanol–water partition coefficient (Wildman–Crippen LogP) is 1.08. The fraction of sp³-hybridized carbons (Fsp3) is 0.556. The van der Waals surface area contributed by atoms with Gasteiger partial charge in [0.05, 0.1) is 5.69 Å². The lowest BCUT2D eigenvalue weighted by Crippen LogP contribution is -2.46. The van der Waals surface area contributed by atoms with Gasteiger partial charge < -0.3 is 10.4 Å². The quantitative estimate of drug-likeness (QED) is 0.749. The van der Waals surface area contributed by atoms with Gasteiger partial charge in [0.15, 0.2) is 0 Å². The van der Waals surface area contributed by atoms with E-state index < -0.39 is 18.0 Å². The highest BCUT2D eigenvalue weighted by molar-refractivity contribution is 7.10. The Hall–Kier alpha value is -1.70. The van der Waals surface area contributed by atoms with Crippen molar-refractivity contribution >= 4 is 28.5 Å². The van der Waals surface area contributed by atoms with Crippen LogP contribution in [0, 0.1) is 12.8 Å². The summed E-state index contributed by atoms with van der Waals surface area (Å²) in [5, 5.41) is 18.0. The first kappa shape index (κ1) is 13.4. The Morgan fingerprint density at radius 3 is 2.47 bits per heavy atom. The molecule has 0 bridgehead atoms. The van der Waals surface area contributed by atoms with E-state index >= 15 is 0 Å². The summed E-state index contributed by atoms with van der Waals surface area (Å²) in [7, 11) is 0. The van der Waals surface area contributed by atoms with Crippen LogP contribution >= 0.6 is 11.5 Å². The van der Waals surface area contributed by atoms with Crippen molar-refractivity contribution in [3.05, 3.63) is 5.69 Å². The molecule has 0 spiro atoms. The van der Waals surface area contributed by atoms with Crippen LogP contribution in [0.1, 0.15) is 19.5 Å². The summed E-state index contributed by atoms with van der Waals surface area (Å²) >= 11 is 1.04. The second kappa shape index (κ2) is 5.58. The SMILES string of the molecule is Cc1nnsc1NC(=O)NC(C(=O)O)C(C)C. The lowest BCUT2D eigenvalue weighted by molar-refractivity contribution is -0.140. The van der Waals surface area contributed by atoms with Crippen molar-refractivity contribution < 1.29 is 14.7 Å². The van der Waals surface area contributed by atoms with E-state index in [1.165, 1.54) is 0 Å². The fourth-order valence-corrected chi connectivity index (χ4v) is 1.70. The number of hydrogen-bond acceptors (Lipinski definition) is 5. The Morgan fingerprint density at radius 1 is 1.41 bits per heavy atom. The Bertz CT molecular complexity index is 418. The highest BCUT2D eigenvalue weighted by Gasteiger charge is 2.23. The zero-order valence-corrected chi connectivity index (χ0v) is 10.5. The van der Waals surface area contributed by atoms with E-state index in [0.29, 0.717) is 10.7 Å². The van der Waals surface area contributed by atoms with Gasteiger partial charge in [0, 0.05) is 11.5 Å². The third-order valence-electron chi connectivity index (χ3n) is 2.10. The smallest absolute Gasteiger partial charge is 0.326 e. The van der Waals surface area contributed by atoms with Gasteiger partial charge in [-0.25, -0.2) is 9.59 Å². The van der Waals surface area contributed by atoms with Gasteiger partial charge in [-0.2, -0.15) is 0 Å². The van der Waals surface area contributed by atoms with Crippen LogP contribution in [0.25, 0.3) is 0 Å². The van der Waals surface area contributed by atoms with Gasteiger partial charge in [0.25, 0.3) is 0 Å². The number of rotatable bonds is 4. The molecule has 1 rings (SSSR count). The number of nitrogens with zero attached hydrogens (tertiary/aromatic N) is 2. The van der Waals surface area contributed by atoms with Crippen LogP contribution in [0.3, 0.4) is 0 Å². The molecule has 0 fully saturated rings. The third-order valence-corrected chi connectivity index (χ3v) is 2.84. The summed E-state index contributed by atoms with van der Waals surface area (Å²) in [4.78, 5) is 22.4. The van der Waals surface area contributed by atoms with Crippen LogP contribution in [0.15, 0.2) is 0 Å². The maximum Gasteiger partial charge on any atom is 0.326 e. The van der Waals surface area contributed by atoms with E-state index in [2.05, 4.69) is 20.2 Å². The molecule has 0 saturated carbocycles. The Kier molecular flexibility index (Phi) is 4.38. The van der Waals surface area contributed by atoms with Crippen LogP contribution in [0.4, 0.5) is 9.80 Å². The molecule has 3 N–H and O–H groups in total. The van der Waals surface area contributed by atoms with E-state index in [1.54, 1.807) is 20.8 Å². The number of hydrogen-bond donors (Lipinski definition) is 3. The van der Waals surface area contributed by atoms with Crippen molar-refractivity contribution in [2.45, 2.75) is 26.8 Å². The van der Waals surface area contributed by atoms with Crippen LogP contribution in [0.2, 0.25) is 0 Å². The van der Waals surface area contributed by atoms with E-state index in [0.717, 1.165) is 11.5 Å². The average Bonchev–Trinajstić information content (AvgIpc) is 2.60. The van der Waals surface area contributed by atoms with E-state index in [4.69, 9.17) is 5.11 Å². The Morgan fingerprint density at radius 2 is 2.06 bits per heavy atom. The summed E-state index contributed by atoms with van der Waals surface area (Å²) < 4.78 is 3.66. The van der Waals surface area contributed by atoms with E-state index in [9.17, 15) is 9.59 Å². The van der Waals surface area contributed by atoms with Crippen molar-refractivity contribution in [3.8, 4) is 0 Å². The fourth-order valence-electron chi connectivity index (χ4n) is 1.14. The summed E-state index contributed by atoms with van der Waals surface area (Å²) in [6.07, 6.45) is 0. The molecule has 0 aliphatic heterocycles. The number of amides is 2. The van der Waals surface area contributed by atoms with Gasteiger partial charge in [-0.05, 0) is 12.8 Å². The molecule has 8 heteroatoms. The molecule has 2 amide bonds. The lowest BCUT2D eigenvalue weighted by Gasteiger charge is -2.17. The number of aromatic nitrogens is 2. The molecule has 0 saturated heterocycles. The van der Waals surface area contributed by atoms with E-state index in [-0.39, 0.29) is 5.92 Å². The van der Waals surface area contributed by atoms with Crippen LogP contribution in [-0.2, 0) is 4.79 Å². The van der Waals surface area contributed by atoms with Gasteiger partial charge in [-0.15, -0.1) is 5.10 Å². The first-order valence-corrected chi connectivity index (χ1v) is 5.78. The first-order valence-electron chi connectivity index (χ1n) is 5.01. The Balaban J connectivity index is 2.60. The number of carbonyl (C=O) groups is 2. The second-order valence-electron chi connectivity index (χ2n) is 3.85. The molecule has 1 unspecified atom stereocenters. The number of carboxylic acid groups (broad SMARTS) is 1. The molecule has 0 aliphatic rings. The highest BCUT2D eigenvalue weighted by atomic mass is 32.1. The first-order chi connectivity index (χ1) is 7.91. The molecule has 0 aliphatic carbocycles. The summed E-state index contributed by atoms with van der Waals surface area (Å²) in [6.45, 7) is 5.15. The largest absolute Gasteiger partial charge is 0.480 e. The molecule has 1 atom stereocenters. The molecule has 0 radical (unpaired) electrons. The molecule has 17 heavy (non-hydrogen) atoms. The summed E-state index contributed by atoms with van der Waals surface area (Å²) in [6, 6.07) is -1.49. The molecule has 1 aromatic rings. The van der Waals surface area contributed by atoms with E-state index in [1.807, 2.05) is 0 Å². The van der Waals surface area contributed by atoms with Gasteiger partial charge in [0.1, 0.15) is 11.0 Å². The maximum absolute atomic E-state index is 11.5. The van der Waals surface area contributed by atoms with Gasteiger partial charge >= 0.3 is 12.0 Å². The molecule has 94 valence electrons. The number of aliphatic carboxylic acids is 1. The standard InChI is InChI=1S/C9H14N4O3S/c1-4(2)6(8(14)15)10-9(16)11-7-5(3)12-13-17-7/h4,6H,1-3H3,(H,14,15)(H2,10,11,16). The molecular formula is C9H14N4O3S. The van der Waals surface area contributed by atoms with Crippen molar-refractivity contribution in [2.24, 2.45) is 5.92 Å². The summed E-state index contributed by atoms with van der Waals surface area (Å²) in [5.74, 6) is -1.26. The van der Waals surface area contributed by atoms with Crippen molar-refractivity contribution in [1.82, 2.24) is 14.9 Å². The zero-order valence-electron chi connectivity index (χ0n) is 9.72. The monoisotopic (exact) mass is 258 g/mol. The average molecular weight is 258 g/mol. The van der Waals surface area contributed by atoms with Crippen LogP contribution in [-0.4, -0.2) is 32.7 Å². The minimum absolute atomic E-state index is 0.195. The van der Waals surface area contributed by atoms with Crippen molar-refractivity contribution in [1.29, 1.82) is 0 Å². The topological polar surface area (TPSA) is 104 Å².